The van der Waals surface area contributed by atoms with Crippen LogP contribution in [0.5, 0.6) is 0 Å². The van der Waals surface area contributed by atoms with Crippen LogP contribution in [0.3, 0.4) is 0 Å². The Hall–Kier alpha value is -4.50. The monoisotopic (exact) mass is 510 g/mol. The van der Waals surface area contributed by atoms with Crippen molar-refractivity contribution < 1.29 is 4.79 Å². The van der Waals surface area contributed by atoms with E-state index in [9.17, 15) is 4.79 Å². The van der Waals surface area contributed by atoms with Crippen LogP contribution in [0.1, 0.15) is 22.6 Å². The number of hydrogen-bond acceptors (Lipinski definition) is 5. The van der Waals surface area contributed by atoms with Crippen molar-refractivity contribution in [3.63, 3.8) is 0 Å². The highest BCUT2D eigenvalue weighted by Crippen LogP contribution is 2.25. The molecule has 0 bridgehead atoms. The molecule has 6 rings (SSSR count). The summed E-state index contributed by atoms with van der Waals surface area (Å²) >= 11 is 6.27. The van der Waals surface area contributed by atoms with Gasteiger partial charge in [0.25, 0.3) is 5.91 Å². The van der Waals surface area contributed by atoms with E-state index in [0.717, 1.165) is 40.5 Å². The number of aryl methyl sites for hydroxylation is 2. The lowest BCUT2D eigenvalue weighted by Crippen LogP contribution is -2.18. The Morgan fingerprint density at radius 3 is 2.68 bits per heavy atom. The number of anilines is 1. The Kier molecular flexibility index (Phi) is 6.11. The van der Waals surface area contributed by atoms with E-state index in [4.69, 9.17) is 11.6 Å². The minimum atomic E-state index is -0.276. The molecule has 0 atom stereocenters. The minimum absolute atomic E-state index is 0.276. The number of carbonyl (C=O) groups is 1. The van der Waals surface area contributed by atoms with E-state index in [1.54, 1.807) is 10.9 Å². The van der Waals surface area contributed by atoms with E-state index >= 15 is 0 Å². The molecular weight excluding hydrogens is 488 g/mol. The first-order valence-electron chi connectivity index (χ1n) is 11.9. The van der Waals surface area contributed by atoms with E-state index in [2.05, 4.69) is 30.3 Å². The third-order valence-electron chi connectivity index (χ3n) is 6.27. The number of hydrogen-bond donors (Lipinski definition) is 1. The van der Waals surface area contributed by atoms with Gasteiger partial charge in [-0.05, 0) is 59.7 Å². The number of imidazole rings is 1. The van der Waals surface area contributed by atoms with Gasteiger partial charge in [0.15, 0.2) is 6.33 Å². The lowest BCUT2D eigenvalue weighted by atomic mass is 10.2. The second-order valence-corrected chi connectivity index (χ2v) is 9.20. The van der Waals surface area contributed by atoms with Gasteiger partial charge in [-0.2, -0.15) is 4.80 Å². The molecule has 0 radical (unpaired) electrons. The number of fused-ring (bicyclic) bond motifs is 2. The van der Waals surface area contributed by atoms with Crippen molar-refractivity contribution in [3.05, 3.63) is 102 Å². The molecule has 0 saturated heterocycles. The molecule has 184 valence electrons. The van der Waals surface area contributed by atoms with Gasteiger partial charge in [-0.1, -0.05) is 41.9 Å². The second-order valence-electron chi connectivity index (χ2n) is 8.76. The topological polar surface area (TPSA) is 95.5 Å². The molecule has 0 aliphatic rings. The Labute approximate surface area is 217 Å². The summed E-state index contributed by atoms with van der Waals surface area (Å²) in [5.41, 5.74) is 4.40. The third kappa shape index (κ3) is 4.81. The van der Waals surface area contributed by atoms with E-state index in [-0.39, 0.29) is 5.91 Å². The molecule has 6 aromatic rings. The number of tetrazole rings is 1. The van der Waals surface area contributed by atoms with E-state index in [0.29, 0.717) is 29.6 Å². The summed E-state index contributed by atoms with van der Waals surface area (Å²) < 4.78 is 4.09. The van der Waals surface area contributed by atoms with Crippen LogP contribution in [0, 0.1) is 0 Å². The summed E-state index contributed by atoms with van der Waals surface area (Å²) in [6.45, 7) is 2.03. The largest absolute Gasteiger partial charge is 0.347 e. The van der Waals surface area contributed by atoms with Gasteiger partial charge in [0.05, 0.1) is 17.6 Å². The number of aromatic nitrogens is 7. The van der Waals surface area contributed by atoms with Crippen molar-refractivity contribution in [2.45, 2.75) is 26.1 Å². The second kappa shape index (κ2) is 9.87. The molecular formula is C27H23ClN8O. The summed E-state index contributed by atoms with van der Waals surface area (Å²) in [5.74, 6) is 0.0582. The number of halogens is 1. The molecule has 3 aromatic carbocycles. The molecule has 3 heterocycles. The van der Waals surface area contributed by atoms with Crippen molar-refractivity contribution in [2.75, 3.05) is 5.32 Å². The molecule has 0 fully saturated rings. The molecule has 10 heteroatoms. The number of amides is 1. The van der Waals surface area contributed by atoms with Gasteiger partial charge >= 0.3 is 0 Å². The maximum Gasteiger partial charge on any atom is 0.291 e. The highest BCUT2D eigenvalue weighted by Gasteiger charge is 2.19. The number of benzene rings is 3. The van der Waals surface area contributed by atoms with Crippen molar-refractivity contribution in [1.82, 2.24) is 34.3 Å². The zero-order valence-electron chi connectivity index (χ0n) is 19.8. The fourth-order valence-electron chi connectivity index (χ4n) is 4.53. The maximum atomic E-state index is 13.4. The molecule has 0 saturated carbocycles. The maximum absolute atomic E-state index is 13.4. The van der Waals surface area contributed by atoms with Crippen LogP contribution in [-0.2, 0) is 19.6 Å². The van der Waals surface area contributed by atoms with Crippen LogP contribution in [-0.4, -0.2) is 40.2 Å². The fourth-order valence-corrected chi connectivity index (χ4v) is 4.69. The molecule has 1 amide bonds. The summed E-state index contributed by atoms with van der Waals surface area (Å²) in [7, 11) is 0. The van der Waals surface area contributed by atoms with Gasteiger partial charge in [0.1, 0.15) is 0 Å². The zero-order chi connectivity index (χ0) is 25.2. The quantitative estimate of drug-likeness (QED) is 0.310. The summed E-state index contributed by atoms with van der Waals surface area (Å²) in [5, 5.41) is 16.3. The van der Waals surface area contributed by atoms with Crippen LogP contribution in [0.15, 0.2) is 85.3 Å². The van der Waals surface area contributed by atoms with Crippen molar-refractivity contribution in [1.29, 1.82) is 0 Å². The standard InChI is InChI=1S/C27H23ClN8O/c28-21-7-9-23-25(16-21)35(17-19-5-2-1-3-6-19)26(32-23)27(37)31-22-8-10-24-20(15-22)11-14-34(24)12-4-13-36-30-18-29-33-36/h1-3,5-11,14-16,18H,4,12-13,17H2,(H,31,37). The predicted octanol–water partition coefficient (Wildman–Crippen LogP) is 5.02. The van der Waals surface area contributed by atoms with Crippen molar-refractivity contribution >= 4 is 45.1 Å². The number of nitrogens with one attached hydrogen (secondary N) is 1. The number of carbonyl (C=O) groups excluding carboxylic acids is 1. The Morgan fingerprint density at radius 1 is 0.946 bits per heavy atom. The van der Waals surface area contributed by atoms with E-state index in [1.807, 2.05) is 77.5 Å². The lowest BCUT2D eigenvalue weighted by Gasteiger charge is -2.11. The Balaban J connectivity index is 1.24. The van der Waals surface area contributed by atoms with Crippen LogP contribution < -0.4 is 5.32 Å². The van der Waals surface area contributed by atoms with Gasteiger partial charge in [0, 0.05) is 40.9 Å². The predicted molar refractivity (Wildman–Crippen MR) is 143 cm³/mol. The first-order chi connectivity index (χ1) is 18.1. The first-order valence-corrected chi connectivity index (χ1v) is 12.3. The molecule has 0 spiro atoms. The highest BCUT2D eigenvalue weighted by molar-refractivity contribution is 6.31. The SMILES string of the molecule is O=C(Nc1ccc2c(ccn2CCCn2ncnn2)c1)c1nc2ccc(Cl)cc2n1Cc1ccccc1. The molecule has 0 aliphatic heterocycles. The van der Waals surface area contributed by atoms with Crippen molar-refractivity contribution in [3.8, 4) is 0 Å². The minimum Gasteiger partial charge on any atom is -0.347 e. The van der Waals surface area contributed by atoms with Crippen molar-refractivity contribution in [2.24, 2.45) is 0 Å². The van der Waals surface area contributed by atoms with Gasteiger partial charge in [-0.3, -0.25) is 4.79 Å². The number of rotatable bonds is 8. The average Bonchev–Trinajstić information content (AvgIpc) is 3.65. The lowest BCUT2D eigenvalue weighted by molar-refractivity contribution is 0.101. The van der Waals surface area contributed by atoms with E-state index in [1.165, 1.54) is 6.33 Å². The zero-order valence-corrected chi connectivity index (χ0v) is 20.6. The molecule has 9 nitrogen and oxygen atoms in total. The smallest absolute Gasteiger partial charge is 0.291 e. The van der Waals surface area contributed by atoms with E-state index < -0.39 is 0 Å². The van der Waals surface area contributed by atoms with Gasteiger partial charge in [0.2, 0.25) is 5.82 Å². The van der Waals surface area contributed by atoms with Crippen LogP contribution in [0.2, 0.25) is 5.02 Å². The third-order valence-corrected chi connectivity index (χ3v) is 6.51. The fraction of sp³-hybridized carbons (Fsp3) is 0.148. The van der Waals surface area contributed by atoms with Gasteiger partial charge in [-0.15, -0.1) is 10.2 Å². The normalized spacial score (nSPS) is 11.4. The van der Waals surface area contributed by atoms with Crippen LogP contribution in [0.4, 0.5) is 5.69 Å². The summed E-state index contributed by atoms with van der Waals surface area (Å²) in [6, 6.07) is 23.4. The van der Waals surface area contributed by atoms with Crippen LogP contribution >= 0.6 is 11.6 Å². The van der Waals surface area contributed by atoms with Gasteiger partial charge in [-0.25, -0.2) is 4.98 Å². The van der Waals surface area contributed by atoms with Crippen LogP contribution in [0.25, 0.3) is 21.9 Å². The summed E-state index contributed by atoms with van der Waals surface area (Å²) in [4.78, 5) is 19.6. The number of nitrogens with zero attached hydrogens (tertiary/aromatic N) is 7. The molecule has 1 N–H and O–H groups in total. The Bertz CT molecular complexity index is 1690. The molecule has 3 aromatic heterocycles. The molecule has 37 heavy (non-hydrogen) atoms. The summed E-state index contributed by atoms with van der Waals surface area (Å²) in [6.07, 6.45) is 4.36. The average molecular weight is 511 g/mol. The Morgan fingerprint density at radius 2 is 1.84 bits per heavy atom. The molecule has 0 aliphatic carbocycles. The van der Waals surface area contributed by atoms with Gasteiger partial charge < -0.3 is 14.5 Å². The highest BCUT2D eigenvalue weighted by atomic mass is 35.5. The first kappa shape index (κ1) is 22.9. The molecule has 0 unspecified atom stereocenters.